The predicted molar refractivity (Wildman–Crippen MR) is 90.7 cm³/mol. The van der Waals surface area contributed by atoms with Crippen LogP contribution in [0.5, 0.6) is 5.75 Å². The molecule has 2 N–H and O–H groups in total. The molecule has 1 heterocycles. The Balaban J connectivity index is 1.61. The van der Waals surface area contributed by atoms with E-state index in [4.69, 9.17) is 4.74 Å². The number of rotatable bonds is 8. The molecule has 0 atom stereocenters. The van der Waals surface area contributed by atoms with Gasteiger partial charge in [0, 0.05) is 11.4 Å². The van der Waals surface area contributed by atoms with Gasteiger partial charge in [0.05, 0.1) is 20.1 Å². The Kier molecular flexibility index (Phi) is 6.62. The summed E-state index contributed by atoms with van der Waals surface area (Å²) < 4.78 is 5.09. The normalized spacial score (nSPS) is 10.1. The summed E-state index contributed by atoms with van der Waals surface area (Å²) in [5.41, 5.74) is 1.12. The zero-order chi connectivity index (χ0) is 16.5. The summed E-state index contributed by atoms with van der Waals surface area (Å²) in [5, 5.41) is 7.34. The molecule has 0 saturated carbocycles. The number of ether oxygens (including phenoxy) is 1. The van der Waals surface area contributed by atoms with Crippen LogP contribution in [0.25, 0.3) is 0 Å². The van der Waals surface area contributed by atoms with Crippen molar-refractivity contribution >= 4 is 23.2 Å². The Bertz CT molecular complexity index is 624. The van der Waals surface area contributed by atoms with E-state index >= 15 is 0 Å². The summed E-state index contributed by atoms with van der Waals surface area (Å²) >= 11 is 1.53. The predicted octanol–water partition coefficient (Wildman–Crippen LogP) is 1.77. The first kappa shape index (κ1) is 17.0. The Morgan fingerprint density at radius 3 is 2.52 bits per heavy atom. The van der Waals surface area contributed by atoms with E-state index in [2.05, 4.69) is 10.6 Å². The molecule has 6 heteroatoms. The highest BCUT2D eigenvalue weighted by Crippen LogP contribution is 2.11. The van der Waals surface area contributed by atoms with E-state index in [9.17, 15) is 9.59 Å². The summed E-state index contributed by atoms with van der Waals surface area (Å²) in [6.45, 7) is 0.540. The second kappa shape index (κ2) is 8.95. The molecule has 2 rings (SSSR count). The van der Waals surface area contributed by atoms with E-state index in [1.165, 1.54) is 11.3 Å². The molecular formula is C17H20N2O3S. The molecule has 0 radical (unpaired) electrons. The van der Waals surface area contributed by atoms with E-state index < -0.39 is 0 Å². The Morgan fingerprint density at radius 2 is 1.87 bits per heavy atom. The van der Waals surface area contributed by atoms with Crippen LogP contribution in [0.2, 0.25) is 0 Å². The minimum atomic E-state index is -0.182. The lowest BCUT2D eigenvalue weighted by molar-refractivity contribution is -0.125. The van der Waals surface area contributed by atoms with Crippen LogP contribution in [0.3, 0.4) is 0 Å². The van der Waals surface area contributed by atoms with Crippen molar-refractivity contribution in [2.75, 3.05) is 20.2 Å². The number of hydrogen-bond donors (Lipinski definition) is 2. The third kappa shape index (κ3) is 6.12. The van der Waals surface area contributed by atoms with Crippen molar-refractivity contribution < 1.29 is 14.3 Å². The Hall–Kier alpha value is -2.34. The SMILES string of the molecule is COc1ccc(CCNC(=O)CNC(=O)Cc2cccs2)cc1. The summed E-state index contributed by atoms with van der Waals surface area (Å²) in [6.07, 6.45) is 1.05. The molecule has 23 heavy (non-hydrogen) atoms. The highest BCUT2D eigenvalue weighted by molar-refractivity contribution is 7.10. The minimum absolute atomic E-state index is 0.00677. The number of carbonyl (C=O) groups excluding carboxylic acids is 2. The average Bonchev–Trinajstić information content (AvgIpc) is 3.06. The second-order valence-electron chi connectivity index (χ2n) is 4.98. The molecule has 1 aromatic carbocycles. The van der Waals surface area contributed by atoms with Gasteiger partial charge >= 0.3 is 0 Å². The lowest BCUT2D eigenvalue weighted by atomic mass is 10.1. The van der Waals surface area contributed by atoms with Crippen LogP contribution in [0.15, 0.2) is 41.8 Å². The van der Waals surface area contributed by atoms with Crippen molar-refractivity contribution in [1.29, 1.82) is 0 Å². The maximum absolute atomic E-state index is 11.7. The van der Waals surface area contributed by atoms with Crippen molar-refractivity contribution in [1.82, 2.24) is 10.6 Å². The third-order valence-electron chi connectivity index (χ3n) is 3.26. The lowest BCUT2D eigenvalue weighted by Crippen LogP contribution is -2.38. The van der Waals surface area contributed by atoms with Crippen molar-refractivity contribution in [2.45, 2.75) is 12.8 Å². The van der Waals surface area contributed by atoms with Crippen LogP contribution in [0.4, 0.5) is 0 Å². The smallest absolute Gasteiger partial charge is 0.239 e. The zero-order valence-electron chi connectivity index (χ0n) is 13.0. The van der Waals surface area contributed by atoms with Crippen LogP contribution in [-0.4, -0.2) is 32.0 Å². The molecule has 0 unspecified atom stereocenters. The maximum Gasteiger partial charge on any atom is 0.239 e. The van der Waals surface area contributed by atoms with Gasteiger partial charge in [0.15, 0.2) is 0 Å². The van der Waals surface area contributed by atoms with E-state index in [1.807, 2.05) is 41.8 Å². The Morgan fingerprint density at radius 1 is 1.09 bits per heavy atom. The average molecular weight is 332 g/mol. The highest BCUT2D eigenvalue weighted by atomic mass is 32.1. The molecule has 5 nitrogen and oxygen atoms in total. The number of carbonyl (C=O) groups is 2. The minimum Gasteiger partial charge on any atom is -0.497 e. The fourth-order valence-electron chi connectivity index (χ4n) is 2.01. The maximum atomic E-state index is 11.7. The fraction of sp³-hybridized carbons (Fsp3) is 0.294. The molecule has 0 aliphatic carbocycles. The van der Waals surface area contributed by atoms with Gasteiger partial charge in [0.1, 0.15) is 5.75 Å². The van der Waals surface area contributed by atoms with Gasteiger partial charge in [-0.25, -0.2) is 0 Å². The molecule has 0 saturated heterocycles. The Labute approximate surface area is 139 Å². The molecule has 122 valence electrons. The molecular weight excluding hydrogens is 312 g/mol. The van der Waals surface area contributed by atoms with E-state index in [1.54, 1.807) is 7.11 Å². The van der Waals surface area contributed by atoms with Gasteiger partial charge in [-0.3, -0.25) is 9.59 Å². The topological polar surface area (TPSA) is 67.4 Å². The van der Waals surface area contributed by atoms with Gasteiger partial charge in [-0.2, -0.15) is 0 Å². The van der Waals surface area contributed by atoms with Gasteiger partial charge in [0.25, 0.3) is 0 Å². The first-order chi connectivity index (χ1) is 11.2. The number of benzene rings is 1. The number of thiophene rings is 1. The zero-order valence-corrected chi connectivity index (χ0v) is 13.8. The number of hydrogen-bond acceptors (Lipinski definition) is 4. The molecule has 0 bridgehead atoms. The summed E-state index contributed by atoms with van der Waals surface area (Å²) in [6, 6.07) is 11.5. The third-order valence-corrected chi connectivity index (χ3v) is 4.13. The summed E-state index contributed by atoms with van der Waals surface area (Å²) in [7, 11) is 1.63. The van der Waals surface area contributed by atoms with E-state index in [0.29, 0.717) is 13.0 Å². The molecule has 0 aliphatic heterocycles. The van der Waals surface area contributed by atoms with Crippen LogP contribution >= 0.6 is 11.3 Å². The van der Waals surface area contributed by atoms with Crippen molar-refractivity contribution in [3.8, 4) is 5.75 Å². The largest absolute Gasteiger partial charge is 0.497 e. The molecule has 2 amide bonds. The van der Waals surface area contributed by atoms with Gasteiger partial charge in [-0.1, -0.05) is 18.2 Å². The molecule has 1 aromatic heterocycles. The van der Waals surface area contributed by atoms with Gasteiger partial charge in [-0.15, -0.1) is 11.3 Å². The number of amides is 2. The first-order valence-electron chi connectivity index (χ1n) is 7.36. The van der Waals surface area contributed by atoms with Gasteiger partial charge in [0.2, 0.25) is 11.8 Å². The summed E-state index contributed by atoms with van der Waals surface area (Å²) in [5.74, 6) is 0.488. The van der Waals surface area contributed by atoms with Crippen molar-refractivity contribution in [3.05, 3.63) is 52.2 Å². The monoisotopic (exact) mass is 332 g/mol. The number of methoxy groups -OCH3 is 1. The van der Waals surface area contributed by atoms with Crippen molar-refractivity contribution in [2.24, 2.45) is 0 Å². The fourth-order valence-corrected chi connectivity index (χ4v) is 2.72. The lowest BCUT2D eigenvalue weighted by Gasteiger charge is -2.07. The van der Waals surface area contributed by atoms with E-state index in [-0.39, 0.29) is 18.4 Å². The number of nitrogens with one attached hydrogen (secondary N) is 2. The summed E-state index contributed by atoms with van der Waals surface area (Å²) in [4.78, 5) is 24.4. The van der Waals surface area contributed by atoms with Crippen LogP contribution in [0.1, 0.15) is 10.4 Å². The second-order valence-corrected chi connectivity index (χ2v) is 6.01. The van der Waals surface area contributed by atoms with Crippen molar-refractivity contribution in [3.63, 3.8) is 0 Å². The van der Waals surface area contributed by atoms with Gasteiger partial charge < -0.3 is 15.4 Å². The van der Waals surface area contributed by atoms with Gasteiger partial charge in [-0.05, 0) is 35.6 Å². The molecule has 0 spiro atoms. The van der Waals surface area contributed by atoms with Crippen LogP contribution < -0.4 is 15.4 Å². The molecule has 0 fully saturated rings. The van der Waals surface area contributed by atoms with E-state index in [0.717, 1.165) is 22.6 Å². The highest BCUT2D eigenvalue weighted by Gasteiger charge is 2.06. The molecule has 0 aliphatic rings. The molecule has 2 aromatic rings. The first-order valence-corrected chi connectivity index (χ1v) is 8.24. The quantitative estimate of drug-likeness (QED) is 0.774. The van der Waals surface area contributed by atoms with Crippen LogP contribution in [0, 0.1) is 0 Å². The van der Waals surface area contributed by atoms with Crippen LogP contribution in [-0.2, 0) is 22.4 Å². The standard InChI is InChI=1S/C17H20N2O3S/c1-22-14-6-4-13(5-7-14)8-9-18-17(21)12-19-16(20)11-15-3-2-10-23-15/h2-7,10H,8-9,11-12H2,1H3,(H,18,21)(H,19,20).